The second-order valence-electron chi connectivity index (χ2n) is 6.06. The highest BCUT2D eigenvalue weighted by molar-refractivity contribution is 5.25. The first-order valence-electron chi connectivity index (χ1n) is 7.61. The number of benzene rings is 1. The van der Waals surface area contributed by atoms with Crippen LogP contribution in [0.4, 0.5) is 0 Å². The fourth-order valence-corrected chi connectivity index (χ4v) is 3.31. The molecule has 0 aromatic heterocycles. The molecule has 2 rings (SSSR count). The van der Waals surface area contributed by atoms with E-state index in [0.29, 0.717) is 6.04 Å². The summed E-state index contributed by atoms with van der Waals surface area (Å²) in [5, 5.41) is 3.53. The molecule has 0 spiro atoms. The Morgan fingerprint density at radius 2 is 1.95 bits per heavy atom. The van der Waals surface area contributed by atoms with E-state index in [2.05, 4.69) is 55.5 Å². The zero-order valence-corrected chi connectivity index (χ0v) is 12.7. The van der Waals surface area contributed by atoms with E-state index < -0.39 is 0 Å². The van der Waals surface area contributed by atoms with Crippen molar-refractivity contribution in [1.29, 1.82) is 0 Å². The highest BCUT2D eigenvalue weighted by atomic mass is 15.1. The Hall–Kier alpha value is -0.860. The average molecular weight is 260 g/mol. The molecule has 0 bridgehead atoms. The van der Waals surface area contributed by atoms with Crippen molar-refractivity contribution in [2.24, 2.45) is 5.92 Å². The van der Waals surface area contributed by atoms with Crippen molar-refractivity contribution < 1.29 is 0 Å². The Bertz CT molecular complexity index is 383. The maximum absolute atomic E-state index is 3.53. The first-order valence-corrected chi connectivity index (χ1v) is 7.61. The van der Waals surface area contributed by atoms with Crippen molar-refractivity contribution in [1.82, 2.24) is 10.2 Å². The van der Waals surface area contributed by atoms with Crippen LogP contribution in [0.3, 0.4) is 0 Å². The van der Waals surface area contributed by atoms with E-state index in [0.717, 1.165) is 19.0 Å². The van der Waals surface area contributed by atoms with Crippen LogP contribution in [0.5, 0.6) is 0 Å². The van der Waals surface area contributed by atoms with Crippen molar-refractivity contribution in [2.75, 3.05) is 20.6 Å². The summed E-state index contributed by atoms with van der Waals surface area (Å²) < 4.78 is 0. The van der Waals surface area contributed by atoms with E-state index >= 15 is 0 Å². The Morgan fingerprint density at radius 3 is 2.58 bits per heavy atom. The van der Waals surface area contributed by atoms with Crippen LogP contribution in [0.2, 0.25) is 0 Å². The predicted molar refractivity (Wildman–Crippen MR) is 82.3 cm³/mol. The second kappa shape index (κ2) is 7.06. The first-order chi connectivity index (χ1) is 9.20. The summed E-state index contributed by atoms with van der Waals surface area (Å²) in [5.41, 5.74) is 2.85. The van der Waals surface area contributed by atoms with Gasteiger partial charge in [-0.1, -0.05) is 37.1 Å². The monoisotopic (exact) mass is 260 g/mol. The van der Waals surface area contributed by atoms with Crippen LogP contribution in [-0.4, -0.2) is 31.6 Å². The standard InChI is InChI=1S/C17H28N2/c1-14-8-4-5-11-16(14)12-19(3)13-17(18-2)15-9-6-7-10-15/h4-5,8,11,15,17-18H,6-7,9-10,12-13H2,1-3H3. The third-order valence-corrected chi connectivity index (χ3v) is 4.55. The Labute approximate surface area is 118 Å². The number of rotatable bonds is 6. The van der Waals surface area contributed by atoms with Crippen molar-refractivity contribution in [3.8, 4) is 0 Å². The number of hydrogen-bond donors (Lipinski definition) is 1. The predicted octanol–water partition coefficient (Wildman–Crippen LogP) is 3.21. The lowest BCUT2D eigenvalue weighted by molar-refractivity contribution is 0.242. The maximum atomic E-state index is 3.53. The van der Waals surface area contributed by atoms with Crippen LogP contribution in [0.1, 0.15) is 36.8 Å². The largest absolute Gasteiger partial charge is 0.315 e. The van der Waals surface area contributed by atoms with E-state index in [4.69, 9.17) is 0 Å². The minimum atomic E-state index is 0.650. The molecule has 1 aliphatic carbocycles. The Balaban J connectivity index is 1.89. The number of likely N-dealkylation sites (N-methyl/N-ethyl adjacent to an activating group) is 2. The molecule has 2 nitrogen and oxygen atoms in total. The van der Waals surface area contributed by atoms with Gasteiger partial charge >= 0.3 is 0 Å². The first kappa shape index (κ1) is 14.5. The molecule has 19 heavy (non-hydrogen) atoms. The van der Waals surface area contributed by atoms with Crippen LogP contribution < -0.4 is 5.32 Å². The van der Waals surface area contributed by atoms with Crippen molar-refractivity contribution in [3.05, 3.63) is 35.4 Å². The molecule has 106 valence electrons. The topological polar surface area (TPSA) is 15.3 Å². The summed E-state index contributed by atoms with van der Waals surface area (Å²) in [6.07, 6.45) is 5.65. The molecule has 1 unspecified atom stereocenters. The fraction of sp³-hybridized carbons (Fsp3) is 0.647. The number of hydrogen-bond acceptors (Lipinski definition) is 2. The van der Waals surface area contributed by atoms with Crippen LogP contribution in [-0.2, 0) is 6.54 Å². The van der Waals surface area contributed by atoms with Crippen molar-refractivity contribution in [2.45, 2.75) is 45.2 Å². The number of nitrogens with zero attached hydrogens (tertiary/aromatic N) is 1. The van der Waals surface area contributed by atoms with Gasteiger partial charge in [0.15, 0.2) is 0 Å². The second-order valence-corrected chi connectivity index (χ2v) is 6.06. The van der Waals surface area contributed by atoms with Gasteiger partial charge in [0.1, 0.15) is 0 Å². The van der Waals surface area contributed by atoms with Gasteiger partial charge in [-0.15, -0.1) is 0 Å². The molecule has 1 aliphatic rings. The molecule has 0 radical (unpaired) electrons. The summed E-state index contributed by atoms with van der Waals surface area (Å²) in [6, 6.07) is 9.36. The Kier molecular flexibility index (Phi) is 5.41. The van der Waals surface area contributed by atoms with E-state index in [1.54, 1.807) is 0 Å². The number of nitrogens with one attached hydrogen (secondary N) is 1. The highest BCUT2D eigenvalue weighted by Crippen LogP contribution is 2.28. The zero-order chi connectivity index (χ0) is 13.7. The van der Waals surface area contributed by atoms with Crippen molar-refractivity contribution >= 4 is 0 Å². The third-order valence-electron chi connectivity index (χ3n) is 4.55. The van der Waals surface area contributed by atoms with E-state index in [9.17, 15) is 0 Å². The molecule has 0 amide bonds. The van der Waals surface area contributed by atoms with Crippen molar-refractivity contribution in [3.63, 3.8) is 0 Å². The zero-order valence-electron chi connectivity index (χ0n) is 12.7. The molecular formula is C17H28N2. The lowest BCUT2D eigenvalue weighted by Gasteiger charge is -2.28. The summed E-state index contributed by atoms with van der Waals surface area (Å²) in [5.74, 6) is 0.879. The van der Waals surface area contributed by atoms with Gasteiger partial charge in [-0.05, 0) is 50.9 Å². The minimum Gasteiger partial charge on any atom is -0.315 e. The van der Waals surface area contributed by atoms with Gasteiger partial charge in [-0.3, -0.25) is 0 Å². The maximum Gasteiger partial charge on any atom is 0.0233 e. The van der Waals surface area contributed by atoms with Crippen LogP contribution in [0.25, 0.3) is 0 Å². The normalized spacial score (nSPS) is 18.1. The lowest BCUT2D eigenvalue weighted by Crippen LogP contribution is -2.42. The van der Waals surface area contributed by atoms with Gasteiger partial charge in [0.2, 0.25) is 0 Å². The average Bonchev–Trinajstić information content (AvgIpc) is 2.92. The smallest absolute Gasteiger partial charge is 0.0233 e. The van der Waals surface area contributed by atoms with Crippen LogP contribution >= 0.6 is 0 Å². The molecule has 2 heteroatoms. The van der Waals surface area contributed by atoms with E-state index in [1.807, 2.05) is 0 Å². The highest BCUT2D eigenvalue weighted by Gasteiger charge is 2.24. The summed E-state index contributed by atoms with van der Waals surface area (Å²) in [7, 11) is 4.36. The SMILES string of the molecule is CNC(CN(C)Cc1ccccc1C)C1CCCC1. The van der Waals surface area contributed by atoms with Gasteiger partial charge in [-0.2, -0.15) is 0 Å². The van der Waals surface area contributed by atoms with Crippen LogP contribution in [0.15, 0.2) is 24.3 Å². The summed E-state index contributed by atoms with van der Waals surface area (Å²) in [6.45, 7) is 4.41. The van der Waals surface area contributed by atoms with E-state index in [-0.39, 0.29) is 0 Å². The Morgan fingerprint density at radius 1 is 1.26 bits per heavy atom. The van der Waals surface area contributed by atoms with Gasteiger partial charge in [0.25, 0.3) is 0 Å². The van der Waals surface area contributed by atoms with Crippen LogP contribution in [0, 0.1) is 12.8 Å². The molecule has 1 atom stereocenters. The molecule has 1 fully saturated rings. The van der Waals surface area contributed by atoms with Gasteiger partial charge in [0, 0.05) is 19.1 Å². The summed E-state index contributed by atoms with van der Waals surface area (Å²) >= 11 is 0. The quantitative estimate of drug-likeness (QED) is 0.845. The molecule has 1 saturated carbocycles. The van der Waals surface area contributed by atoms with Gasteiger partial charge in [-0.25, -0.2) is 0 Å². The number of aryl methyl sites for hydroxylation is 1. The lowest BCUT2D eigenvalue weighted by atomic mass is 9.97. The molecule has 0 aliphatic heterocycles. The van der Waals surface area contributed by atoms with E-state index in [1.165, 1.54) is 36.8 Å². The van der Waals surface area contributed by atoms with Gasteiger partial charge in [0.05, 0.1) is 0 Å². The molecule has 1 aromatic rings. The third kappa shape index (κ3) is 4.05. The fourth-order valence-electron chi connectivity index (χ4n) is 3.31. The van der Waals surface area contributed by atoms with Gasteiger partial charge < -0.3 is 10.2 Å². The molecule has 0 heterocycles. The molecular weight excluding hydrogens is 232 g/mol. The molecule has 1 aromatic carbocycles. The molecule has 1 N–H and O–H groups in total. The molecule has 0 saturated heterocycles. The minimum absolute atomic E-state index is 0.650. The summed E-state index contributed by atoms with van der Waals surface area (Å²) in [4.78, 5) is 2.46.